The van der Waals surface area contributed by atoms with E-state index in [0.717, 1.165) is 17.9 Å². The average molecular weight is 474 g/mol. The Balaban J connectivity index is 1.51. The number of aromatic nitrogens is 1. The largest absolute Gasteiger partial charge is 0.444 e. The molecule has 184 valence electrons. The molecule has 1 fully saturated rings. The summed E-state index contributed by atoms with van der Waals surface area (Å²) in [6, 6.07) is 22.6. The van der Waals surface area contributed by atoms with Crippen LogP contribution in [-0.2, 0) is 17.8 Å². The minimum atomic E-state index is -0.506. The first kappa shape index (κ1) is 24.4. The van der Waals surface area contributed by atoms with Crippen LogP contribution in [-0.4, -0.2) is 40.7 Å². The lowest BCUT2D eigenvalue weighted by Gasteiger charge is -2.27. The molecule has 1 saturated heterocycles. The number of likely N-dealkylation sites (tertiary alicyclic amines) is 1. The quantitative estimate of drug-likeness (QED) is 0.485. The van der Waals surface area contributed by atoms with Crippen LogP contribution in [0.25, 0.3) is 0 Å². The molecule has 3 N–H and O–H groups in total. The van der Waals surface area contributed by atoms with Crippen LogP contribution in [0.4, 0.5) is 22.0 Å². The summed E-state index contributed by atoms with van der Waals surface area (Å²) in [5.74, 6) is 0.740. The number of carbonyl (C=O) groups excluding carboxylic acids is 1. The van der Waals surface area contributed by atoms with Crippen molar-refractivity contribution >= 4 is 23.3 Å². The second-order valence-corrected chi connectivity index (χ2v) is 9.98. The minimum Gasteiger partial charge on any atom is -0.444 e. The average Bonchev–Trinajstić information content (AvgIpc) is 3.29. The molecule has 2 heterocycles. The molecule has 7 heteroatoms. The molecular weight excluding hydrogens is 438 g/mol. The van der Waals surface area contributed by atoms with Crippen molar-refractivity contribution in [3.8, 4) is 0 Å². The van der Waals surface area contributed by atoms with Crippen LogP contribution >= 0.6 is 0 Å². The van der Waals surface area contributed by atoms with Gasteiger partial charge in [0, 0.05) is 38.4 Å². The summed E-state index contributed by atoms with van der Waals surface area (Å²) >= 11 is 0. The molecule has 3 aromatic rings. The lowest BCUT2D eigenvalue weighted by Crippen LogP contribution is -2.36. The van der Waals surface area contributed by atoms with Crippen LogP contribution in [0.3, 0.4) is 0 Å². The molecule has 0 spiro atoms. The summed E-state index contributed by atoms with van der Waals surface area (Å²) in [6.45, 7) is 8.24. The summed E-state index contributed by atoms with van der Waals surface area (Å²) in [5.41, 5.74) is 9.98. The van der Waals surface area contributed by atoms with Gasteiger partial charge in [-0.05, 0) is 44.4 Å². The number of nitrogens with two attached hydrogens (primary N) is 1. The number of anilines is 3. The molecule has 0 aliphatic carbocycles. The number of nitrogens with zero attached hydrogens (tertiary/aromatic N) is 3. The predicted octanol–water partition coefficient (Wildman–Crippen LogP) is 5.29. The first-order chi connectivity index (χ1) is 16.8. The second-order valence-electron chi connectivity index (χ2n) is 9.98. The van der Waals surface area contributed by atoms with Gasteiger partial charge in [-0.3, -0.25) is 0 Å². The third-order valence-corrected chi connectivity index (χ3v) is 5.90. The second kappa shape index (κ2) is 10.7. The number of rotatable bonds is 7. The van der Waals surface area contributed by atoms with Gasteiger partial charge in [-0.1, -0.05) is 60.7 Å². The number of amides is 1. The van der Waals surface area contributed by atoms with Crippen LogP contribution in [0, 0.1) is 0 Å². The molecule has 0 saturated carbocycles. The highest BCUT2D eigenvalue weighted by Crippen LogP contribution is 2.32. The van der Waals surface area contributed by atoms with Crippen LogP contribution in [0.5, 0.6) is 0 Å². The van der Waals surface area contributed by atoms with Crippen molar-refractivity contribution in [1.82, 2.24) is 9.88 Å². The van der Waals surface area contributed by atoms with E-state index in [-0.39, 0.29) is 12.1 Å². The van der Waals surface area contributed by atoms with Crippen molar-refractivity contribution < 1.29 is 9.53 Å². The monoisotopic (exact) mass is 473 g/mol. The van der Waals surface area contributed by atoms with Crippen LogP contribution in [0.1, 0.15) is 38.3 Å². The van der Waals surface area contributed by atoms with Gasteiger partial charge in [-0.2, -0.15) is 0 Å². The molecule has 7 nitrogen and oxygen atoms in total. The van der Waals surface area contributed by atoms with Crippen molar-refractivity contribution in [2.45, 2.75) is 51.9 Å². The Morgan fingerprint density at radius 1 is 1.06 bits per heavy atom. The Bertz CT molecular complexity index is 1070. The highest BCUT2D eigenvalue weighted by Gasteiger charge is 2.30. The van der Waals surface area contributed by atoms with E-state index in [1.165, 1.54) is 11.1 Å². The molecule has 0 radical (unpaired) electrons. The Morgan fingerprint density at radius 2 is 1.66 bits per heavy atom. The van der Waals surface area contributed by atoms with Crippen LogP contribution < -0.4 is 16.0 Å². The molecule has 1 aromatic heterocycles. The van der Waals surface area contributed by atoms with Gasteiger partial charge in [-0.25, -0.2) is 9.78 Å². The summed E-state index contributed by atoms with van der Waals surface area (Å²) in [4.78, 5) is 21.1. The van der Waals surface area contributed by atoms with Crippen molar-refractivity contribution in [3.05, 3.63) is 84.1 Å². The van der Waals surface area contributed by atoms with Crippen molar-refractivity contribution in [3.63, 3.8) is 0 Å². The van der Waals surface area contributed by atoms with E-state index in [1.54, 1.807) is 11.1 Å². The number of ether oxygens (including phenoxy) is 1. The lowest BCUT2D eigenvalue weighted by molar-refractivity contribution is 0.0293. The first-order valence-electron chi connectivity index (χ1n) is 12.1. The van der Waals surface area contributed by atoms with E-state index in [1.807, 2.05) is 63.2 Å². The summed E-state index contributed by atoms with van der Waals surface area (Å²) < 4.78 is 5.53. The molecule has 0 unspecified atom stereocenters. The van der Waals surface area contributed by atoms with Crippen molar-refractivity contribution in [2.24, 2.45) is 0 Å². The Labute approximate surface area is 207 Å². The third-order valence-electron chi connectivity index (χ3n) is 5.90. The lowest BCUT2D eigenvalue weighted by atomic mass is 10.1. The molecule has 35 heavy (non-hydrogen) atoms. The van der Waals surface area contributed by atoms with Gasteiger partial charge in [0.1, 0.15) is 5.60 Å². The highest BCUT2D eigenvalue weighted by atomic mass is 16.6. The fourth-order valence-corrected chi connectivity index (χ4v) is 4.24. The van der Waals surface area contributed by atoms with Gasteiger partial charge in [0.2, 0.25) is 0 Å². The van der Waals surface area contributed by atoms with Gasteiger partial charge in [0.05, 0.1) is 11.4 Å². The Kier molecular flexibility index (Phi) is 7.44. The van der Waals surface area contributed by atoms with Gasteiger partial charge >= 0.3 is 6.09 Å². The fraction of sp³-hybridized carbons (Fsp3) is 0.357. The number of benzene rings is 2. The van der Waals surface area contributed by atoms with E-state index in [9.17, 15) is 4.79 Å². The topological polar surface area (TPSA) is 83.7 Å². The van der Waals surface area contributed by atoms with Crippen molar-refractivity contribution in [1.29, 1.82) is 0 Å². The number of pyridine rings is 1. The zero-order chi connectivity index (χ0) is 24.8. The molecule has 1 aliphatic rings. The third kappa shape index (κ3) is 6.66. The van der Waals surface area contributed by atoms with E-state index in [0.29, 0.717) is 31.9 Å². The SMILES string of the molecule is CC(C)(C)OC(=O)N1CC[C@@H](Nc2ccnc(N(Cc3ccccc3)Cc3ccccc3)c2N)C1. The number of carbonyl (C=O) groups is 1. The van der Waals surface area contributed by atoms with E-state index >= 15 is 0 Å². The first-order valence-corrected chi connectivity index (χ1v) is 12.1. The minimum absolute atomic E-state index is 0.0942. The summed E-state index contributed by atoms with van der Waals surface area (Å²) in [7, 11) is 0. The zero-order valence-corrected chi connectivity index (χ0v) is 20.8. The molecule has 4 rings (SSSR count). The maximum atomic E-state index is 12.5. The van der Waals surface area contributed by atoms with E-state index in [2.05, 4.69) is 39.5 Å². The van der Waals surface area contributed by atoms with Gasteiger partial charge in [0.25, 0.3) is 0 Å². The number of nitrogen functional groups attached to an aromatic ring is 1. The Morgan fingerprint density at radius 3 is 2.23 bits per heavy atom. The fourth-order valence-electron chi connectivity index (χ4n) is 4.24. The van der Waals surface area contributed by atoms with Crippen LogP contribution in [0.15, 0.2) is 72.9 Å². The molecule has 1 amide bonds. The van der Waals surface area contributed by atoms with E-state index < -0.39 is 5.60 Å². The summed E-state index contributed by atoms with van der Waals surface area (Å²) in [6.07, 6.45) is 2.34. The smallest absolute Gasteiger partial charge is 0.410 e. The highest BCUT2D eigenvalue weighted by molar-refractivity contribution is 5.78. The number of hydrogen-bond acceptors (Lipinski definition) is 6. The standard InChI is InChI=1S/C28H35N5O2/c1-28(2,3)35-27(34)32-17-15-23(20-32)31-24-14-16-30-26(25(24)29)33(18-21-10-6-4-7-11-21)19-22-12-8-5-9-13-22/h4-14,16,23H,15,17-20,29H2,1-3H3,(H,30,31)/t23-/m1/s1. The molecular formula is C28H35N5O2. The molecule has 0 bridgehead atoms. The van der Waals surface area contributed by atoms with Crippen molar-refractivity contribution in [2.75, 3.05) is 29.0 Å². The predicted molar refractivity (Wildman–Crippen MR) is 141 cm³/mol. The van der Waals surface area contributed by atoms with Gasteiger partial charge in [0.15, 0.2) is 5.82 Å². The maximum Gasteiger partial charge on any atom is 0.410 e. The Hall–Kier alpha value is -3.74. The van der Waals surface area contributed by atoms with Crippen LogP contribution in [0.2, 0.25) is 0 Å². The maximum absolute atomic E-state index is 12.5. The molecule has 2 aromatic carbocycles. The summed E-state index contributed by atoms with van der Waals surface area (Å²) in [5, 5.41) is 3.54. The zero-order valence-electron chi connectivity index (χ0n) is 20.8. The molecule has 1 aliphatic heterocycles. The molecule has 1 atom stereocenters. The number of hydrogen-bond donors (Lipinski definition) is 2. The van der Waals surface area contributed by atoms with Gasteiger partial charge < -0.3 is 25.6 Å². The number of nitrogens with one attached hydrogen (secondary N) is 1. The van der Waals surface area contributed by atoms with Gasteiger partial charge in [-0.15, -0.1) is 0 Å². The van der Waals surface area contributed by atoms with E-state index in [4.69, 9.17) is 10.5 Å². The normalized spacial score (nSPS) is 15.6.